The molecule has 0 aliphatic carbocycles. The van der Waals surface area contributed by atoms with Gasteiger partial charge in [0.15, 0.2) is 5.79 Å². The van der Waals surface area contributed by atoms with Gasteiger partial charge in [-0.1, -0.05) is 108 Å². The van der Waals surface area contributed by atoms with Crippen LogP contribution in [-0.2, 0) is 38.4 Å². The molecule has 424 valence electrons. The second-order valence-corrected chi connectivity index (χ2v) is 27.7. The molecule has 0 saturated carbocycles. The number of sulfonamides is 1. The van der Waals surface area contributed by atoms with Crippen molar-refractivity contribution in [3.63, 3.8) is 0 Å². The quantitative estimate of drug-likeness (QED) is 0.0325. The fourth-order valence-corrected chi connectivity index (χ4v) is 14.2. The molecule has 0 radical (unpaired) electrons. The average Bonchev–Trinajstić information content (AvgIpc) is 3.53. The highest BCUT2D eigenvalue weighted by Gasteiger charge is 2.59. The van der Waals surface area contributed by atoms with Crippen LogP contribution in [0.3, 0.4) is 0 Å². The van der Waals surface area contributed by atoms with Crippen LogP contribution in [0.5, 0.6) is 0 Å². The minimum atomic E-state index is -6.12. The van der Waals surface area contributed by atoms with Crippen LogP contribution in [-0.4, -0.2) is 106 Å². The molecule has 1 amide bonds. The first-order valence-corrected chi connectivity index (χ1v) is 31.2. The molecule has 0 spiro atoms. The molecule has 4 N–H and O–H groups in total. The zero-order valence-corrected chi connectivity index (χ0v) is 48.3. The van der Waals surface area contributed by atoms with Crippen molar-refractivity contribution in [3.8, 4) is 11.1 Å². The molecule has 2 aliphatic rings. The molecule has 0 bridgehead atoms. The third-order valence-electron chi connectivity index (χ3n) is 13.9. The van der Waals surface area contributed by atoms with Crippen LogP contribution in [0.15, 0.2) is 136 Å². The van der Waals surface area contributed by atoms with E-state index in [1.807, 2.05) is 113 Å². The Morgan fingerprint density at radius 3 is 2.01 bits per heavy atom. The maximum Gasteiger partial charge on any atom is 0.501 e. The molecule has 15 nitrogen and oxygen atoms in total. The minimum Gasteiger partial charge on any atom is -0.380 e. The zero-order chi connectivity index (χ0) is 56.9. The third kappa shape index (κ3) is 14.9. The summed E-state index contributed by atoms with van der Waals surface area (Å²) in [6.07, 6.45) is 0.718. The molecule has 78 heavy (non-hydrogen) atoms. The molecule has 2 heterocycles. The number of carbonyl (C=O) groups is 1. The molecule has 2 fully saturated rings. The summed E-state index contributed by atoms with van der Waals surface area (Å²) in [7, 11) is -16.2. The van der Waals surface area contributed by atoms with Crippen molar-refractivity contribution >= 4 is 68.3 Å². The Bertz CT molecular complexity index is 3110. The lowest BCUT2D eigenvalue weighted by atomic mass is 9.70. The number of phosphoric acid groups is 1. The summed E-state index contributed by atoms with van der Waals surface area (Å²) in [5.41, 5.74) is -5.13. The van der Waals surface area contributed by atoms with Crippen LogP contribution >= 0.6 is 31.2 Å². The Kier molecular flexibility index (Phi) is 19.3. The van der Waals surface area contributed by atoms with Gasteiger partial charge in [0.2, 0.25) is 0 Å². The molecule has 2 saturated heterocycles. The number of halogens is 4. The van der Waals surface area contributed by atoms with E-state index in [0.29, 0.717) is 87.7 Å². The summed E-state index contributed by atoms with van der Waals surface area (Å²) in [5.74, 6) is -2.82. The predicted molar refractivity (Wildman–Crippen MR) is 298 cm³/mol. The number of hydrogen-bond acceptors (Lipinski definition) is 13. The van der Waals surface area contributed by atoms with E-state index in [0.717, 1.165) is 33.7 Å². The number of nitrogens with zero attached hydrogens (tertiary/aromatic N) is 2. The van der Waals surface area contributed by atoms with E-state index in [1.54, 1.807) is 24.3 Å². The number of amides is 1. The van der Waals surface area contributed by atoms with Gasteiger partial charge in [0.25, 0.3) is 25.8 Å². The molecule has 2 aliphatic heterocycles. The number of phosphoric ester groups is 1. The fraction of sp³-hybridized carbons (Fsp3) is 0.436. The van der Waals surface area contributed by atoms with E-state index in [4.69, 9.17) is 25.6 Å². The first-order chi connectivity index (χ1) is 36.5. The van der Waals surface area contributed by atoms with Crippen molar-refractivity contribution in [1.82, 2.24) is 9.62 Å². The molecule has 23 heteroatoms. The van der Waals surface area contributed by atoms with Crippen LogP contribution in [0.25, 0.3) is 11.1 Å². The summed E-state index contributed by atoms with van der Waals surface area (Å²) < 4.78 is 130. The summed E-state index contributed by atoms with van der Waals surface area (Å²) in [6, 6.07) is 32.1. The van der Waals surface area contributed by atoms with Crippen molar-refractivity contribution in [2.45, 2.75) is 98.9 Å². The van der Waals surface area contributed by atoms with E-state index in [2.05, 4.69) is 15.1 Å². The Morgan fingerprint density at radius 2 is 1.42 bits per heavy atom. The highest BCUT2D eigenvalue weighted by molar-refractivity contribution is 7.99. The highest BCUT2D eigenvalue weighted by Crippen LogP contribution is 2.59. The van der Waals surface area contributed by atoms with E-state index in [-0.39, 0.29) is 11.5 Å². The van der Waals surface area contributed by atoms with Crippen LogP contribution in [0, 0.1) is 16.7 Å². The monoisotopic (exact) mass is 1180 g/mol. The van der Waals surface area contributed by atoms with E-state index < -0.39 is 83.3 Å². The van der Waals surface area contributed by atoms with Gasteiger partial charge in [-0.3, -0.25) is 14.2 Å². The van der Waals surface area contributed by atoms with Crippen LogP contribution in [0.2, 0.25) is 5.02 Å². The van der Waals surface area contributed by atoms with E-state index in [9.17, 15) is 49.2 Å². The van der Waals surface area contributed by atoms with Crippen molar-refractivity contribution in [1.29, 1.82) is 0 Å². The Labute approximate surface area is 464 Å². The maximum absolute atomic E-state index is 14.3. The van der Waals surface area contributed by atoms with Crippen molar-refractivity contribution in [2.24, 2.45) is 16.7 Å². The first-order valence-electron chi connectivity index (χ1n) is 25.4. The van der Waals surface area contributed by atoms with Crippen molar-refractivity contribution < 1.29 is 63.2 Å². The van der Waals surface area contributed by atoms with Gasteiger partial charge >= 0.3 is 13.3 Å². The summed E-state index contributed by atoms with van der Waals surface area (Å²) in [6.45, 7) is 14.7. The topological polar surface area (TPSA) is 201 Å². The van der Waals surface area contributed by atoms with Crippen molar-refractivity contribution in [3.05, 3.63) is 137 Å². The minimum absolute atomic E-state index is 0.101. The average molecular weight is 1180 g/mol. The number of thioether (sulfide) groups is 1. The molecule has 0 aromatic heterocycles. The SMILES string of the molecule is CC(C)(C)C(OC(c1ccccc1-c1ccc(Cl)cc1)C1CCN(c2ccc(C(=O)NS(=O)(=O)c3ccc(N[C@H](CCN4CCOCC4)CSc4ccccc4)c(S(=O)(=O)C(F)(F)F)c3)cc2)CC1)(OP(=O)(O)O)C(C)(C)C. The molecule has 5 aromatic carbocycles. The number of sulfone groups is 1. The smallest absolute Gasteiger partial charge is 0.380 e. The fourth-order valence-electron chi connectivity index (χ4n) is 10.1. The highest BCUT2D eigenvalue weighted by atomic mass is 35.5. The lowest BCUT2D eigenvalue weighted by Gasteiger charge is -2.54. The summed E-state index contributed by atoms with van der Waals surface area (Å²) in [5, 5.41) is 3.53. The normalized spacial score (nSPS) is 16.6. The molecule has 5 aromatic rings. The van der Waals surface area contributed by atoms with Crippen LogP contribution in [0.1, 0.15) is 82.8 Å². The zero-order valence-electron chi connectivity index (χ0n) is 44.2. The number of alkyl halides is 3. The number of ether oxygens (including phenoxy) is 2. The second kappa shape index (κ2) is 24.7. The lowest BCUT2D eigenvalue weighted by Crippen LogP contribution is -2.57. The van der Waals surface area contributed by atoms with Crippen LogP contribution < -0.4 is 14.9 Å². The number of morpholine rings is 1. The largest absolute Gasteiger partial charge is 0.501 e. The predicted octanol–water partition coefficient (Wildman–Crippen LogP) is 11.6. The van der Waals surface area contributed by atoms with Gasteiger partial charge in [0.05, 0.1) is 29.9 Å². The summed E-state index contributed by atoms with van der Waals surface area (Å²) >= 11 is 7.70. The van der Waals surface area contributed by atoms with Gasteiger partial charge in [-0.15, -0.1) is 11.8 Å². The maximum atomic E-state index is 14.3. The van der Waals surface area contributed by atoms with E-state index >= 15 is 0 Å². The van der Waals surface area contributed by atoms with Gasteiger partial charge in [0, 0.05) is 76.5 Å². The van der Waals surface area contributed by atoms with Gasteiger partial charge in [-0.2, -0.15) is 13.2 Å². The third-order valence-corrected chi connectivity index (χ3v) is 18.7. The van der Waals surface area contributed by atoms with Gasteiger partial charge < -0.3 is 29.5 Å². The van der Waals surface area contributed by atoms with E-state index in [1.165, 1.54) is 23.9 Å². The Morgan fingerprint density at radius 1 is 0.821 bits per heavy atom. The standard InChI is InChI=1S/C55H67ClF3N4O11PS3/c1-52(2,3)54(53(4,5)6,74-75(65,66)67)73-50(47-15-11-10-14-46(47)38-16-20-41(56)21-17-38)39-26-30-63(31-27-39)43-22-18-40(19-23-43)51(64)61-78(70,71)45-24-25-48(49(36-45)77(68,69)55(57,58)59)60-42(28-29-62-32-34-72-35-33-62)37-76-44-12-8-7-9-13-44/h7-25,36,39,42,50,60H,26-35,37H2,1-6H3,(H,61,64)(H2,65,66,67)/t42-,50?/m1/s1. The second-order valence-electron chi connectivity index (χ2n) is 21.5. The molecule has 2 atom stereocenters. The Hall–Kier alpha value is -4.51. The van der Waals surface area contributed by atoms with Crippen molar-refractivity contribution in [2.75, 3.05) is 61.9 Å². The number of carbonyl (C=O) groups excluding carboxylic acids is 1. The lowest BCUT2D eigenvalue weighted by molar-refractivity contribution is -0.328. The van der Waals surface area contributed by atoms with Crippen LogP contribution in [0.4, 0.5) is 24.5 Å². The number of hydrogen-bond donors (Lipinski definition) is 4. The summed E-state index contributed by atoms with van der Waals surface area (Å²) in [4.78, 5) is 37.3. The number of rotatable bonds is 20. The molecular weight excluding hydrogens is 1110 g/mol. The first kappa shape index (κ1) is 61.1. The molecular formula is C55H67ClF3N4O11PS3. The molecule has 1 unspecified atom stereocenters. The van der Waals surface area contributed by atoms with Gasteiger partial charge in [-0.25, -0.2) is 26.1 Å². The number of benzene rings is 5. The number of nitrogens with one attached hydrogen (secondary N) is 2. The number of piperidine rings is 1. The number of anilines is 2. The van der Waals surface area contributed by atoms with Gasteiger partial charge in [0.1, 0.15) is 4.90 Å². The Balaban J connectivity index is 1.10. The molecule has 7 rings (SSSR count). The van der Waals surface area contributed by atoms with Gasteiger partial charge in [-0.05, 0) is 109 Å².